The fourth-order valence-corrected chi connectivity index (χ4v) is 3.64. The van der Waals surface area contributed by atoms with Gasteiger partial charge in [-0.2, -0.15) is 0 Å². The number of aromatic nitrogens is 1. The smallest absolute Gasteiger partial charge is 0.315 e. The van der Waals surface area contributed by atoms with E-state index in [1.165, 1.54) is 5.39 Å². The SMILES string of the molecule is Cc1ccc(N2CC(NC(=O)NCCn3ccc4ccccc43)CC2=O)cc1. The molecule has 1 aliphatic heterocycles. The zero-order chi connectivity index (χ0) is 19.5. The number of benzene rings is 2. The van der Waals surface area contributed by atoms with Gasteiger partial charge in [0.1, 0.15) is 0 Å². The van der Waals surface area contributed by atoms with Crippen molar-refractivity contribution in [2.75, 3.05) is 18.0 Å². The topological polar surface area (TPSA) is 66.4 Å². The maximum atomic E-state index is 12.3. The van der Waals surface area contributed by atoms with Crippen molar-refractivity contribution in [1.29, 1.82) is 0 Å². The monoisotopic (exact) mass is 376 g/mol. The summed E-state index contributed by atoms with van der Waals surface area (Å²) in [7, 11) is 0. The van der Waals surface area contributed by atoms with Crippen LogP contribution < -0.4 is 15.5 Å². The van der Waals surface area contributed by atoms with Crippen molar-refractivity contribution >= 4 is 28.5 Å². The van der Waals surface area contributed by atoms with Crippen LogP contribution in [0.15, 0.2) is 60.8 Å². The number of rotatable bonds is 5. The molecule has 0 bridgehead atoms. The molecule has 1 unspecified atom stereocenters. The summed E-state index contributed by atoms with van der Waals surface area (Å²) in [5.41, 5.74) is 3.18. The van der Waals surface area contributed by atoms with Crippen LogP contribution in [0.5, 0.6) is 0 Å². The second-order valence-electron chi connectivity index (χ2n) is 7.21. The van der Waals surface area contributed by atoms with Gasteiger partial charge in [0.05, 0.1) is 6.04 Å². The molecule has 4 rings (SSSR count). The Morgan fingerprint density at radius 3 is 2.71 bits per heavy atom. The Labute approximate surface area is 164 Å². The first kappa shape index (κ1) is 18.1. The predicted molar refractivity (Wildman–Crippen MR) is 110 cm³/mol. The molecule has 2 heterocycles. The minimum absolute atomic E-state index is 0.0352. The Balaban J connectivity index is 1.27. The van der Waals surface area contributed by atoms with Crippen LogP contribution in [0.25, 0.3) is 10.9 Å². The van der Waals surface area contributed by atoms with Crippen LogP contribution in [-0.4, -0.2) is 35.6 Å². The highest BCUT2D eigenvalue weighted by molar-refractivity contribution is 5.96. The molecule has 3 aromatic rings. The average Bonchev–Trinajstić information content (AvgIpc) is 3.26. The van der Waals surface area contributed by atoms with E-state index in [2.05, 4.69) is 33.4 Å². The van der Waals surface area contributed by atoms with Gasteiger partial charge in [-0.25, -0.2) is 4.79 Å². The van der Waals surface area contributed by atoms with Gasteiger partial charge in [-0.15, -0.1) is 0 Å². The summed E-state index contributed by atoms with van der Waals surface area (Å²) in [6.07, 6.45) is 2.35. The van der Waals surface area contributed by atoms with Crippen molar-refractivity contribution < 1.29 is 9.59 Å². The molecule has 1 aromatic heterocycles. The molecule has 3 amide bonds. The minimum Gasteiger partial charge on any atom is -0.346 e. The number of aryl methyl sites for hydroxylation is 1. The first-order chi connectivity index (χ1) is 13.6. The van der Waals surface area contributed by atoms with E-state index in [1.54, 1.807) is 4.90 Å². The standard InChI is InChI=1S/C22H24N4O2/c1-16-6-8-19(9-7-16)26-15-18(14-21(26)27)24-22(28)23-11-13-25-12-10-17-4-2-3-5-20(17)25/h2-10,12,18H,11,13-15H2,1H3,(H2,23,24,28). The average molecular weight is 376 g/mol. The number of hydrogen-bond acceptors (Lipinski definition) is 2. The molecule has 1 aliphatic rings. The summed E-state index contributed by atoms with van der Waals surface area (Å²) in [4.78, 5) is 26.3. The van der Waals surface area contributed by atoms with E-state index in [1.807, 2.05) is 49.5 Å². The molecule has 6 heteroatoms. The van der Waals surface area contributed by atoms with Gasteiger partial charge in [0.15, 0.2) is 0 Å². The molecular formula is C22H24N4O2. The van der Waals surface area contributed by atoms with Gasteiger partial charge in [0.2, 0.25) is 5.91 Å². The second kappa shape index (κ2) is 7.76. The van der Waals surface area contributed by atoms with Gasteiger partial charge >= 0.3 is 6.03 Å². The van der Waals surface area contributed by atoms with E-state index in [0.717, 1.165) is 16.8 Å². The van der Waals surface area contributed by atoms with Crippen molar-refractivity contribution in [2.45, 2.75) is 25.9 Å². The normalized spacial score (nSPS) is 16.5. The van der Waals surface area contributed by atoms with E-state index in [4.69, 9.17) is 0 Å². The van der Waals surface area contributed by atoms with Gasteiger partial charge in [-0.3, -0.25) is 4.79 Å². The molecule has 2 aromatic carbocycles. The highest BCUT2D eigenvalue weighted by Gasteiger charge is 2.31. The molecule has 144 valence electrons. The number of para-hydroxylation sites is 1. The van der Waals surface area contributed by atoms with Gasteiger partial charge in [0.25, 0.3) is 0 Å². The number of fused-ring (bicyclic) bond motifs is 1. The number of amides is 3. The Morgan fingerprint density at radius 1 is 1.11 bits per heavy atom. The molecular weight excluding hydrogens is 352 g/mol. The number of urea groups is 1. The fourth-order valence-electron chi connectivity index (χ4n) is 3.64. The maximum absolute atomic E-state index is 12.3. The van der Waals surface area contributed by atoms with Crippen molar-refractivity contribution in [3.63, 3.8) is 0 Å². The van der Waals surface area contributed by atoms with E-state index in [9.17, 15) is 9.59 Å². The van der Waals surface area contributed by atoms with Gasteiger partial charge in [0, 0.05) is 43.5 Å². The summed E-state index contributed by atoms with van der Waals surface area (Å²) in [6.45, 7) is 3.73. The maximum Gasteiger partial charge on any atom is 0.315 e. The van der Waals surface area contributed by atoms with Crippen LogP contribution in [0.4, 0.5) is 10.5 Å². The lowest BCUT2D eigenvalue weighted by molar-refractivity contribution is -0.117. The molecule has 0 aliphatic carbocycles. The molecule has 0 saturated carbocycles. The Morgan fingerprint density at radius 2 is 1.89 bits per heavy atom. The van der Waals surface area contributed by atoms with Crippen LogP contribution in [0.2, 0.25) is 0 Å². The van der Waals surface area contributed by atoms with E-state index < -0.39 is 0 Å². The van der Waals surface area contributed by atoms with Crippen LogP contribution >= 0.6 is 0 Å². The second-order valence-corrected chi connectivity index (χ2v) is 7.21. The molecule has 2 N–H and O–H groups in total. The summed E-state index contributed by atoms with van der Waals surface area (Å²) in [6, 6.07) is 17.7. The van der Waals surface area contributed by atoms with Crippen LogP contribution in [0.1, 0.15) is 12.0 Å². The molecule has 0 radical (unpaired) electrons. The number of nitrogens with zero attached hydrogens (tertiary/aromatic N) is 2. The van der Waals surface area contributed by atoms with Crippen LogP contribution in [0, 0.1) is 6.92 Å². The minimum atomic E-state index is -0.236. The van der Waals surface area contributed by atoms with Crippen LogP contribution in [0.3, 0.4) is 0 Å². The largest absolute Gasteiger partial charge is 0.346 e. The Bertz CT molecular complexity index is 993. The fraction of sp³-hybridized carbons (Fsp3) is 0.273. The third-order valence-corrected chi connectivity index (χ3v) is 5.12. The molecule has 28 heavy (non-hydrogen) atoms. The highest BCUT2D eigenvalue weighted by Crippen LogP contribution is 2.22. The van der Waals surface area contributed by atoms with Crippen molar-refractivity contribution in [2.24, 2.45) is 0 Å². The van der Waals surface area contributed by atoms with Gasteiger partial charge < -0.3 is 20.1 Å². The quantitative estimate of drug-likeness (QED) is 0.719. The third-order valence-electron chi connectivity index (χ3n) is 5.12. The molecule has 6 nitrogen and oxygen atoms in total. The summed E-state index contributed by atoms with van der Waals surface area (Å²) in [5, 5.41) is 6.99. The van der Waals surface area contributed by atoms with E-state index in [-0.39, 0.29) is 18.0 Å². The highest BCUT2D eigenvalue weighted by atomic mass is 16.2. The van der Waals surface area contributed by atoms with Gasteiger partial charge in [-0.1, -0.05) is 35.9 Å². The van der Waals surface area contributed by atoms with Crippen molar-refractivity contribution in [1.82, 2.24) is 15.2 Å². The number of hydrogen-bond donors (Lipinski definition) is 2. The Hall–Kier alpha value is -3.28. The zero-order valence-electron chi connectivity index (χ0n) is 15.9. The molecule has 1 saturated heterocycles. The van der Waals surface area contributed by atoms with Crippen molar-refractivity contribution in [3.8, 4) is 0 Å². The first-order valence-electron chi connectivity index (χ1n) is 9.55. The lowest BCUT2D eigenvalue weighted by atomic mass is 10.2. The summed E-state index contributed by atoms with van der Waals surface area (Å²) >= 11 is 0. The summed E-state index contributed by atoms with van der Waals surface area (Å²) < 4.78 is 2.12. The predicted octanol–water partition coefficient (Wildman–Crippen LogP) is 3.05. The number of anilines is 1. The van der Waals surface area contributed by atoms with E-state index >= 15 is 0 Å². The number of nitrogens with one attached hydrogen (secondary N) is 2. The van der Waals surface area contributed by atoms with E-state index in [0.29, 0.717) is 26.1 Å². The zero-order valence-corrected chi connectivity index (χ0v) is 15.9. The van der Waals surface area contributed by atoms with Gasteiger partial charge in [-0.05, 0) is 36.6 Å². The molecule has 0 spiro atoms. The molecule has 1 atom stereocenters. The first-order valence-corrected chi connectivity index (χ1v) is 9.55. The third kappa shape index (κ3) is 3.86. The lowest BCUT2D eigenvalue weighted by Crippen LogP contribution is -2.44. The van der Waals surface area contributed by atoms with Crippen molar-refractivity contribution in [3.05, 3.63) is 66.4 Å². The number of carbonyl (C=O) groups excluding carboxylic acids is 2. The number of carbonyl (C=O) groups is 2. The molecule has 1 fully saturated rings. The lowest BCUT2D eigenvalue weighted by Gasteiger charge is -2.17. The Kier molecular flexibility index (Phi) is 5.02. The summed E-state index contributed by atoms with van der Waals surface area (Å²) in [5.74, 6) is 0.0352. The van der Waals surface area contributed by atoms with Crippen LogP contribution in [-0.2, 0) is 11.3 Å².